The Morgan fingerprint density at radius 1 is 1.23 bits per heavy atom. The van der Waals surface area contributed by atoms with Gasteiger partial charge < -0.3 is 14.3 Å². The van der Waals surface area contributed by atoms with Crippen LogP contribution in [0.5, 0.6) is 5.75 Å². The van der Waals surface area contributed by atoms with Gasteiger partial charge in [0.25, 0.3) is 0 Å². The summed E-state index contributed by atoms with van der Waals surface area (Å²) >= 11 is 1.58. The van der Waals surface area contributed by atoms with Crippen LogP contribution in [0, 0.1) is 6.92 Å². The molecule has 4 rings (SSSR count). The maximum atomic E-state index is 13.2. The number of carboxylic acid groups (broad SMARTS) is 1. The molecule has 0 aliphatic rings. The summed E-state index contributed by atoms with van der Waals surface area (Å²) in [5.74, 6) is -0.654. The lowest BCUT2D eigenvalue weighted by molar-refractivity contribution is -0.144. The summed E-state index contributed by atoms with van der Waals surface area (Å²) in [5.41, 5.74) is 4.15. The molecule has 2 aromatic heterocycles. The van der Waals surface area contributed by atoms with Crippen LogP contribution in [0.2, 0.25) is 0 Å². The maximum absolute atomic E-state index is 13.2. The fraction of sp³-hybridized carbons (Fsp3) is 0.208. The molecule has 4 aromatic rings. The van der Waals surface area contributed by atoms with Crippen LogP contribution in [-0.4, -0.2) is 22.2 Å². The van der Waals surface area contributed by atoms with Crippen LogP contribution in [0.1, 0.15) is 25.1 Å². The predicted molar refractivity (Wildman–Crippen MR) is 121 cm³/mol. The molecule has 0 saturated heterocycles. The molecular weight excluding hydrogens is 414 g/mol. The highest BCUT2D eigenvalue weighted by atomic mass is 32.1. The molecule has 158 valence electrons. The number of rotatable bonds is 6. The Morgan fingerprint density at radius 2 is 1.94 bits per heavy atom. The predicted octanol–water partition coefficient (Wildman–Crippen LogP) is 5.31. The summed E-state index contributed by atoms with van der Waals surface area (Å²) in [6.07, 6.45) is 1.01. The molecule has 0 spiro atoms. The van der Waals surface area contributed by atoms with E-state index in [0.29, 0.717) is 28.7 Å². The van der Waals surface area contributed by atoms with Crippen molar-refractivity contribution >= 4 is 28.3 Å². The lowest BCUT2D eigenvalue weighted by Gasteiger charge is -2.14. The number of aliphatic carboxylic acids is 1. The van der Waals surface area contributed by atoms with E-state index in [-0.39, 0.29) is 5.43 Å². The number of aryl methyl sites for hydroxylation is 2. The highest BCUT2D eigenvalue weighted by Gasteiger charge is 2.18. The number of thiazole rings is 1. The first-order valence-corrected chi connectivity index (χ1v) is 10.8. The van der Waals surface area contributed by atoms with E-state index < -0.39 is 12.1 Å². The molecule has 0 fully saturated rings. The molecule has 1 N–H and O–H groups in total. The minimum atomic E-state index is -1.06. The van der Waals surface area contributed by atoms with Crippen molar-refractivity contribution in [3.8, 4) is 27.4 Å². The van der Waals surface area contributed by atoms with Crippen LogP contribution in [-0.2, 0) is 11.2 Å². The maximum Gasteiger partial charge on any atom is 0.344 e. The zero-order valence-electron chi connectivity index (χ0n) is 17.3. The third-order valence-electron chi connectivity index (χ3n) is 5.05. The Bertz CT molecular complexity index is 1320. The number of hydrogen-bond acceptors (Lipinski definition) is 6. The topological polar surface area (TPSA) is 89.6 Å². The van der Waals surface area contributed by atoms with Crippen LogP contribution in [0.15, 0.2) is 57.3 Å². The highest BCUT2D eigenvalue weighted by molar-refractivity contribution is 7.13. The molecular formula is C24H21NO5S. The molecule has 0 bridgehead atoms. The molecule has 0 aliphatic heterocycles. The number of ether oxygens (including phenoxy) is 1. The van der Waals surface area contributed by atoms with Gasteiger partial charge in [-0.2, -0.15) is 0 Å². The average Bonchev–Trinajstić information content (AvgIpc) is 3.20. The van der Waals surface area contributed by atoms with Crippen molar-refractivity contribution in [1.82, 2.24) is 4.98 Å². The van der Waals surface area contributed by atoms with Gasteiger partial charge in [0, 0.05) is 22.7 Å². The van der Waals surface area contributed by atoms with Crippen molar-refractivity contribution in [2.45, 2.75) is 33.3 Å². The van der Waals surface area contributed by atoms with E-state index in [1.807, 2.05) is 43.5 Å². The Morgan fingerprint density at radius 3 is 2.55 bits per heavy atom. The molecule has 1 unspecified atom stereocenters. The van der Waals surface area contributed by atoms with Gasteiger partial charge in [0.15, 0.2) is 6.10 Å². The van der Waals surface area contributed by atoms with Gasteiger partial charge in [-0.05, 0) is 37.5 Å². The average molecular weight is 436 g/mol. The molecule has 7 heteroatoms. The summed E-state index contributed by atoms with van der Waals surface area (Å²) in [6, 6.07) is 11.0. The number of benzene rings is 2. The molecule has 2 aromatic carbocycles. The van der Waals surface area contributed by atoms with E-state index in [2.05, 4.69) is 4.98 Å². The molecule has 31 heavy (non-hydrogen) atoms. The smallest absolute Gasteiger partial charge is 0.344 e. The van der Waals surface area contributed by atoms with Gasteiger partial charge in [0.1, 0.15) is 22.6 Å². The van der Waals surface area contributed by atoms with Gasteiger partial charge in [-0.25, -0.2) is 9.78 Å². The first kappa shape index (κ1) is 20.8. The minimum absolute atomic E-state index is 0.147. The van der Waals surface area contributed by atoms with Crippen molar-refractivity contribution in [3.63, 3.8) is 0 Å². The number of carbonyl (C=O) groups is 1. The quantitative estimate of drug-likeness (QED) is 0.442. The van der Waals surface area contributed by atoms with E-state index in [4.69, 9.17) is 14.3 Å². The van der Waals surface area contributed by atoms with Crippen LogP contribution < -0.4 is 10.2 Å². The number of aromatic nitrogens is 1. The van der Waals surface area contributed by atoms with Crippen LogP contribution in [0.4, 0.5) is 0 Å². The summed E-state index contributed by atoms with van der Waals surface area (Å²) in [7, 11) is 0. The number of hydrogen-bond donors (Lipinski definition) is 1. The van der Waals surface area contributed by atoms with Crippen molar-refractivity contribution < 1.29 is 19.1 Å². The van der Waals surface area contributed by atoms with Gasteiger partial charge in [-0.3, -0.25) is 4.79 Å². The van der Waals surface area contributed by atoms with Gasteiger partial charge >= 0.3 is 5.97 Å². The summed E-state index contributed by atoms with van der Waals surface area (Å²) < 4.78 is 11.3. The van der Waals surface area contributed by atoms with Crippen LogP contribution in [0.25, 0.3) is 32.7 Å². The lowest BCUT2D eigenvalue weighted by Crippen LogP contribution is -2.23. The van der Waals surface area contributed by atoms with Crippen LogP contribution in [0.3, 0.4) is 0 Å². The third-order valence-corrected chi connectivity index (χ3v) is 6.06. The fourth-order valence-electron chi connectivity index (χ4n) is 3.31. The van der Waals surface area contributed by atoms with Crippen LogP contribution >= 0.6 is 11.3 Å². The van der Waals surface area contributed by atoms with Crippen molar-refractivity contribution in [1.29, 1.82) is 0 Å². The van der Waals surface area contributed by atoms with Crippen molar-refractivity contribution in [2.24, 2.45) is 0 Å². The summed E-state index contributed by atoms with van der Waals surface area (Å²) in [5, 5.41) is 12.5. The lowest BCUT2D eigenvalue weighted by atomic mass is 10.0. The molecule has 0 saturated carbocycles. The molecule has 1 atom stereocenters. The second kappa shape index (κ2) is 8.35. The summed E-state index contributed by atoms with van der Waals surface area (Å²) in [6.45, 7) is 5.34. The van der Waals surface area contributed by atoms with E-state index in [0.717, 1.165) is 27.4 Å². The van der Waals surface area contributed by atoms with E-state index in [1.54, 1.807) is 23.5 Å². The van der Waals surface area contributed by atoms with E-state index in [1.165, 1.54) is 13.2 Å². The summed E-state index contributed by atoms with van der Waals surface area (Å²) in [4.78, 5) is 28.8. The molecule has 2 heterocycles. The normalized spacial score (nSPS) is 12.1. The van der Waals surface area contributed by atoms with Crippen molar-refractivity contribution in [2.75, 3.05) is 0 Å². The molecule has 0 radical (unpaired) electrons. The first-order valence-electron chi connectivity index (χ1n) is 9.88. The molecule has 6 nitrogen and oxygen atoms in total. The number of nitrogens with zero attached hydrogens (tertiary/aromatic N) is 1. The monoisotopic (exact) mass is 435 g/mol. The Kier molecular flexibility index (Phi) is 5.61. The zero-order chi connectivity index (χ0) is 22.1. The Labute approximate surface area is 182 Å². The third kappa shape index (κ3) is 4.09. The highest BCUT2D eigenvalue weighted by Crippen LogP contribution is 2.30. The largest absolute Gasteiger partial charge is 0.479 e. The minimum Gasteiger partial charge on any atom is -0.479 e. The Hall–Kier alpha value is -3.45. The molecule has 0 aliphatic carbocycles. The zero-order valence-corrected chi connectivity index (χ0v) is 18.2. The molecule has 0 amide bonds. The van der Waals surface area contributed by atoms with Gasteiger partial charge in [-0.1, -0.05) is 31.2 Å². The second-order valence-electron chi connectivity index (χ2n) is 7.26. The standard InChI is InChI=1S/C24H21NO5S/c1-4-15-9-18-21(10-20(15)30-14(3)24(27)28)29-11-19(22(18)26)16-5-7-17(8-6-16)23-25-13(2)12-31-23/h5-12,14H,4H2,1-3H3,(H,27,28). The van der Waals surface area contributed by atoms with E-state index >= 15 is 0 Å². The van der Waals surface area contributed by atoms with E-state index in [9.17, 15) is 9.59 Å². The number of carboxylic acids is 1. The fourth-order valence-corrected chi connectivity index (χ4v) is 4.11. The number of fused-ring (bicyclic) bond motifs is 1. The first-order chi connectivity index (χ1) is 14.9. The second-order valence-corrected chi connectivity index (χ2v) is 8.12. The van der Waals surface area contributed by atoms with Gasteiger partial charge in [0.2, 0.25) is 5.43 Å². The SMILES string of the molecule is CCc1cc2c(=O)c(-c3ccc(-c4nc(C)cs4)cc3)coc2cc1OC(C)C(=O)O. The van der Waals surface area contributed by atoms with Gasteiger partial charge in [-0.15, -0.1) is 11.3 Å². The Balaban J connectivity index is 1.74. The van der Waals surface area contributed by atoms with Gasteiger partial charge in [0.05, 0.1) is 10.9 Å². The van der Waals surface area contributed by atoms with Crippen molar-refractivity contribution in [3.05, 3.63) is 69.5 Å².